The van der Waals surface area contributed by atoms with Crippen LogP contribution in [0.2, 0.25) is 0 Å². The molecule has 4 rings (SSSR count). The Morgan fingerprint density at radius 1 is 1.19 bits per heavy atom. The maximum Gasteiger partial charge on any atom is 0.293 e. The summed E-state index contributed by atoms with van der Waals surface area (Å²) in [4.78, 5) is 19.9. The van der Waals surface area contributed by atoms with Gasteiger partial charge in [0.25, 0.3) is 5.69 Å². The van der Waals surface area contributed by atoms with Crippen molar-refractivity contribution in [3.63, 3.8) is 0 Å². The minimum Gasteiger partial charge on any atom is -0.363 e. The number of pyridine rings is 1. The Hall–Kier alpha value is -3.44. The molecule has 8 heteroatoms. The van der Waals surface area contributed by atoms with Crippen LogP contribution in [0.4, 0.5) is 11.4 Å². The third-order valence-electron chi connectivity index (χ3n) is 4.81. The molecular formula is C19H18N6O2. The number of hydrogen-bond donors (Lipinski definition) is 0. The molecule has 0 amide bonds. The van der Waals surface area contributed by atoms with Crippen LogP contribution in [-0.2, 0) is 6.54 Å². The van der Waals surface area contributed by atoms with E-state index in [1.807, 2.05) is 46.0 Å². The molecule has 136 valence electrons. The number of piperazine rings is 1. The van der Waals surface area contributed by atoms with Gasteiger partial charge >= 0.3 is 0 Å². The number of imidazole rings is 1. The molecule has 0 radical (unpaired) electrons. The molecule has 1 saturated heterocycles. The highest BCUT2D eigenvalue weighted by Gasteiger charge is 2.24. The van der Waals surface area contributed by atoms with E-state index in [0.717, 1.165) is 31.0 Å². The van der Waals surface area contributed by atoms with E-state index in [2.05, 4.69) is 9.88 Å². The summed E-state index contributed by atoms with van der Waals surface area (Å²) in [7, 11) is 0. The predicted molar refractivity (Wildman–Crippen MR) is 100 cm³/mol. The molecule has 27 heavy (non-hydrogen) atoms. The summed E-state index contributed by atoms with van der Waals surface area (Å²) in [6.07, 6.45) is 4.01. The lowest BCUT2D eigenvalue weighted by molar-refractivity contribution is -0.384. The maximum absolute atomic E-state index is 11.4. The molecular weight excluding hydrogens is 344 g/mol. The minimum atomic E-state index is -0.417. The Kier molecular flexibility index (Phi) is 4.44. The lowest BCUT2D eigenvalue weighted by Crippen LogP contribution is -2.46. The standard InChI is InChI=1S/C19H18N6O2/c20-12-15-4-5-17(18(11-15)25(26)27)23-9-7-22(8-10-23)13-16-14-24-6-2-1-3-19(24)21-16/h1-6,11,14H,7-10,13H2. The monoisotopic (exact) mass is 362 g/mol. The first-order valence-electron chi connectivity index (χ1n) is 8.72. The number of nitro groups is 1. The van der Waals surface area contributed by atoms with Crippen LogP contribution in [0.5, 0.6) is 0 Å². The van der Waals surface area contributed by atoms with E-state index in [0.29, 0.717) is 24.3 Å². The molecule has 1 aliphatic rings. The Morgan fingerprint density at radius 3 is 2.70 bits per heavy atom. The van der Waals surface area contributed by atoms with Gasteiger partial charge in [0, 0.05) is 51.2 Å². The number of rotatable bonds is 4. The van der Waals surface area contributed by atoms with Gasteiger partial charge in [0.15, 0.2) is 0 Å². The molecule has 1 fully saturated rings. The largest absolute Gasteiger partial charge is 0.363 e. The number of nitro benzene ring substituents is 1. The molecule has 2 aromatic heterocycles. The number of fused-ring (bicyclic) bond motifs is 1. The van der Waals surface area contributed by atoms with E-state index in [1.54, 1.807) is 12.1 Å². The molecule has 0 spiro atoms. The fraction of sp³-hybridized carbons (Fsp3) is 0.263. The third kappa shape index (κ3) is 3.45. The van der Waals surface area contributed by atoms with Crippen molar-refractivity contribution < 1.29 is 4.92 Å². The van der Waals surface area contributed by atoms with Gasteiger partial charge in [0.1, 0.15) is 11.3 Å². The SMILES string of the molecule is N#Cc1ccc(N2CCN(Cc3cn4ccccc4n3)CC2)c([N+](=O)[O-])c1. The summed E-state index contributed by atoms with van der Waals surface area (Å²) in [5, 5.41) is 20.3. The molecule has 8 nitrogen and oxygen atoms in total. The Morgan fingerprint density at radius 2 is 2.00 bits per heavy atom. The van der Waals surface area contributed by atoms with Gasteiger partial charge < -0.3 is 9.30 Å². The van der Waals surface area contributed by atoms with Gasteiger partial charge in [-0.05, 0) is 24.3 Å². The highest BCUT2D eigenvalue weighted by molar-refractivity contribution is 5.65. The molecule has 0 saturated carbocycles. The van der Waals surface area contributed by atoms with Crippen molar-refractivity contribution in [2.45, 2.75) is 6.54 Å². The van der Waals surface area contributed by atoms with Crippen molar-refractivity contribution in [1.29, 1.82) is 5.26 Å². The summed E-state index contributed by atoms with van der Waals surface area (Å²) in [6, 6.07) is 12.5. The van der Waals surface area contributed by atoms with Crippen molar-refractivity contribution in [2.75, 3.05) is 31.1 Å². The molecule has 0 atom stereocenters. The first-order chi connectivity index (χ1) is 13.1. The van der Waals surface area contributed by atoms with E-state index in [-0.39, 0.29) is 5.69 Å². The average molecular weight is 362 g/mol. The maximum atomic E-state index is 11.4. The van der Waals surface area contributed by atoms with E-state index < -0.39 is 4.92 Å². The fourth-order valence-electron chi connectivity index (χ4n) is 3.45. The van der Waals surface area contributed by atoms with Gasteiger partial charge in [-0.25, -0.2) is 4.98 Å². The average Bonchev–Trinajstić information content (AvgIpc) is 3.10. The number of aromatic nitrogens is 2. The van der Waals surface area contributed by atoms with Gasteiger partial charge in [-0.1, -0.05) is 6.07 Å². The van der Waals surface area contributed by atoms with Crippen molar-refractivity contribution in [1.82, 2.24) is 14.3 Å². The number of anilines is 1. The molecule has 1 aliphatic heterocycles. The van der Waals surface area contributed by atoms with E-state index in [1.165, 1.54) is 6.07 Å². The molecule has 3 aromatic rings. The van der Waals surface area contributed by atoms with E-state index in [4.69, 9.17) is 5.26 Å². The molecule has 0 bridgehead atoms. The molecule has 0 N–H and O–H groups in total. The van der Waals surface area contributed by atoms with Crippen molar-refractivity contribution in [3.05, 3.63) is 70.2 Å². The molecule has 1 aromatic carbocycles. The second kappa shape index (κ2) is 7.05. The van der Waals surface area contributed by atoms with Crippen LogP contribution in [0.1, 0.15) is 11.3 Å². The van der Waals surface area contributed by atoms with Crippen LogP contribution in [-0.4, -0.2) is 45.4 Å². The second-order valence-electron chi connectivity index (χ2n) is 6.53. The van der Waals surface area contributed by atoms with Crippen LogP contribution in [0.25, 0.3) is 5.65 Å². The molecule has 0 aliphatic carbocycles. The van der Waals surface area contributed by atoms with Gasteiger partial charge in [0.2, 0.25) is 0 Å². The minimum absolute atomic E-state index is 0.0112. The molecule has 3 heterocycles. The van der Waals surface area contributed by atoms with Crippen LogP contribution >= 0.6 is 0 Å². The quantitative estimate of drug-likeness (QED) is 0.523. The van der Waals surface area contributed by atoms with Gasteiger partial charge in [-0.2, -0.15) is 5.26 Å². The van der Waals surface area contributed by atoms with Gasteiger partial charge in [-0.3, -0.25) is 15.0 Å². The number of hydrogen-bond acceptors (Lipinski definition) is 6. The fourth-order valence-corrected chi connectivity index (χ4v) is 3.45. The predicted octanol–water partition coefficient (Wildman–Crippen LogP) is 2.44. The number of benzene rings is 1. The normalized spacial score (nSPS) is 15.0. The topological polar surface area (TPSA) is 90.7 Å². The smallest absolute Gasteiger partial charge is 0.293 e. The summed E-state index contributed by atoms with van der Waals surface area (Å²) in [5.41, 5.74) is 2.81. The van der Waals surface area contributed by atoms with Crippen LogP contribution in [0.15, 0.2) is 48.8 Å². The van der Waals surface area contributed by atoms with Crippen molar-refractivity contribution in [2.24, 2.45) is 0 Å². The van der Waals surface area contributed by atoms with E-state index >= 15 is 0 Å². The lowest BCUT2D eigenvalue weighted by atomic mass is 10.1. The zero-order valence-corrected chi connectivity index (χ0v) is 14.7. The zero-order valence-electron chi connectivity index (χ0n) is 14.7. The summed E-state index contributed by atoms with van der Waals surface area (Å²) >= 11 is 0. The van der Waals surface area contributed by atoms with Crippen molar-refractivity contribution >= 4 is 17.0 Å². The van der Waals surface area contributed by atoms with Gasteiger partial charge in [-0.15, -0.1) is 0 Å². The van der Waals surface area contributed by atoms with Gasteiger partial charge in [0.05, 0.1) is 22.2 Å². The Labute approximate surface area is 156 Å². The Bertz CT molecular complexity index is 997. The van der Waals surface area contributed by atoms with Crippen LogP contribution in [0.3, 0.4) is 0 Å². The summed E-state index contributed by atoms with van der Waals surface area (Å²) in [5.74, 6) is 0. The third-order valence-corrected chi connectivity index (χ3v) is 4.81. The van der Waals surface area contributed by atoms with Crippen molar-refractivity contribution in [3.8, 4) is 6.07 Å². The number of nitriles is 1. The highest BCUT2D eigenvalue weighted by atomic mass is 16.6. The first kappa shape index (κ1) is 17.0. The molecule has 0 unspecified atom stereocenters. The van der Waals surface area contributed by atoms with Crippen LogP contribution in [0, 0.1) is 21.4 Å². The Balaban J connectivity index is 1.44. The zero-order chi connectivity index (χ0) is 18.8. The van der Waals surface area contributed by atoms with E-state index in [9.17, 15) is 10.1 Å². The van der Waals surface area contributed by atoms with Crippen LogP contribution < -0.4 is 4.90 Å². The second-order valence-corrected chi connectivity index (χ2v) is 6.53. The first-order valence-corrected chi connectivity index (χ1v) is 8.72. The summed E-state index contributed by atoms with van der Waals surface area (Å²) < 4.78 is 2.01. The number of nitrogens with zero attached hydrogens (tertiary/aromatic N) is 6. The lowest BCUT2D eigenvalue weighted by Gasteiger charge is -2.35. The highest BCUT2D eigenvalue weighted by Crippen LogP contribution is 2.30. The summed E-state index contributed by atoms with van der Waals surface area (Å²) in [6.45, 7) is 3.74.